The molecule has 0 spiro atoms. The number of anilines is 2. The standard InChI is InChI=1S/C25H34N4O2/c1-21(25(30)29-14-12-27(13-15-29)23-9-4-3-5-10-23)26(2)20-22-8-6-7-11-24(22)28-16-18-31-19-17-28/h3-11,21H,12-20H2,1-2H3/t21-/m0/s1. The maximum absolute atomic E-state index is 13.2. The Labute approximate surface area is 186 Å². The molecule has 1 atom stereocenters. The van der Waals surface area contributed by atoms with Crippen LogP contribution in [0.1, 0.15) is 12.5 Å². The van der Waals surface area contributed by atoms with Crippen molar-refractivity contribution in [1.29, 1.82) is 0 Å². The van der Waals surface area contributed by atoms with Gasteiger partial charge in [0.05, 0.1) is 19.3 Å². The van der Waals surface area contributed by atoms with Crippen molar-refractivity contribution in [3.8, 4) is 0 Å². The number of ether oxygens (including phenoxy) is 1. The fourth-order valence-electron chi connectivity index (χ4n) is 4.44. The number of para-hydroxylation sites is 2. The summed E-state index contributed by atoms with van der Waals surface area (Å²) in [7, 11) is 2.05. The quantitative estimate of drug-likeness (QED) is 0.716. The van der Waals surface area contributed by atoms with Crippen LogP contribution in [0.3, 0.4) is 0 Å². The van der Waals surface area contributed by atoms with Crippen LogP contribution in [-0.2, 0) is 16.1 Å². The molecule has 31 heavy (non-hydrogen) atoms. The van der Waals surface area contributed by atoms with E-state index in [9.17, 15) is 4.79 Å². The van der Waals surface area contributed by atoms with Gasteiger partial charge in [-0.05, 0) is 37.7 Å². The second-order valence-electron chi connectivity index (χ2n) is 8.47. The molecule has 0 saturated carbocycles. The molecule has 0 N–H and O–H groups in total. The van der Waals surface area contributed by atoms with Crippen LogP contribution in [0.5, 0.6) is 0 Å². The molecule has 2 saturated heterocycles. The number of rotatable bonds is 6. The number of carbonyl (C=O) groups is 1. The smallest absolute Gasteiger partial charge is 0.239 e. The van der Waals surface area contributed by atoms with Crippen LogP contribution in [0.15, 0.2) is 54.6 Å². The average Bonchev–Trinajstić information content (AvgIpc) is 2.84. The summed E-state index contributed by atoms with van der Waals surface area (Å²) < 4.78 is 5.51. The van der Waals surface area contributed by atoms with Crippen molar-refractivity contribution in [2.24, 2.45) is 0 Å². The summed E-state index contributed by atoms with van der Waals surface area (Å²) >= 11 is 0. The molecule has 2 aromatic rings. The van der Waals surface area contributed by atoms with Gasteiger partial charge in [0.15, 0.2) is 0 Å². The van der Waals surface area contributed by atoms with Crippen molar-refractivity contribution in [2.45, 2.75) is 19.5 Å². The van der Waals surface area contributed by atoms with E-state index < -0.39 is 0 Å². The minimum absolute atomic E-state index is 0.152. The van der Waals surface area contributed by atoms with E-state index in [-0.39, 0.29) is 11.9 Å². The summed E-state index contributed by atoms with van der Waals surface area (Å²) in [5.74, 6) is 0.221. The lowest BCUT2D eigenvalue weighted by Gasteiger charge is -2.38. The van der Waals surface area contributed by atoms with E-state index in [1.165, 1.54) is 16.9 Å². The molecule has 166 valence electrons. The van der Waals surface area contributed by atoms with E-state index in [4.69, 9.17) is 4.74 Å². The van der Waals surface area contributed by atoms with Crippen LogP contribution >= 0.6 is 0 Å². The fourth-order valence-corrected chi connectivity index (χ4v) is 4.44. The van der Waals surface area contributed by atoms with Gasteiger partial charge < -0.3 is 19.4 Å². The second-order valence-corrected chi connectivity index (χ2v) is 8.47. The number of nitrogens with zero attached hydrogens (tertiary/aromatic N) is 4. The Morgan fingerprint density at radius 1 is 0.903 bits per heavy atom. The van der Waals surface area contributed by atoms with Crippen LogP contribution in [-0.4, -0.2) is 81.3 Å². The highest BCUT2D eigenvalue weighted by atomic mass is 16.5. The van der Waals surface area contributed by atoms with Gasteiger partial charge >= 0.3 is 0 Å². The van der Waals surface area contributed by atoms with Gasteiger partial charge in [-0.2, -0.15) is 0 Å². The molecule has 4 rings (SSSR count). The predicted molar refractivity (Wildman–Crippen MR) is 126 cm³/mol. The summed E-state index contributed by atoms with van der Waals surface area (Å²) in [6, 6.07) is 18.8. The van der Waals surface area contributed by atoms with Crippen molar-refractivity contribution >= 4 is 17.3 Å². The molecule has 2 heterocycles. The van der Waals surface area contributed by atoms with Gasteiger partial charge in [0, 0.05) is 57.2 Å². The van der Waals surface area contributed by atoms with E-state index in [2.05, 4.69) is 70.3 Å². The molecule has 6 heteroatoms. The van der Waals surface area contributed by atoms with Gasteiger partial charge in [0.1, 0.15) is 0 Å². The normalized spacial score (nSPS) is 18.4. The zero-order chi connectivity index (χ0) is 21.6. The van der Waals surface area contributed by atoms with Crippen molar-refractivity contribution < 1.29 is 9.53 Å². The summed E-state index contributed by atoms with van der Waals surface area (Å²) in [6.45, 7) is 9.47. The minimum Gasteiger partial charge on any atom is -0.378 e. The molecule has 0 bridgehead atoms. The first-order chi connectivity index (χ1) is 15.1. The molecular weight excluding hydrogens is 388 g/mol. The van der Waals surface area contributed by atoms with E-state index in [1.807, 2.05) is 17.9 Å². The van der Waals surface area contributed by atoms with Crippen LogP contribution in [0, 0.1) is 0 Å². The molecule has 2 aliphatic heterocycles. The molecule has 0 radical (unpaired) electrons. The number of likely N-dealkylation sites (N-methyl/N-ethyl adjacent to an activating group) is 1. The van der Waals surface area contributed by atoms with E-state index >= 15 is 0 Å². The lowest BCUT2D eigenvalue weighted by Crippen LogP contribution is -2.53. The first-order valence-electron chi connectivity index (χ1n) is 11.3. The Kier molecular flexibility index (Phi) is 7.10. The Morgan fingerprint density at radius 2 is 1.55 bits per heavy atom. The summed E-state index contributed by atoms with van der Waals surface area (Å²) in [4.78, 5) is 22.1. The van der Waals surface area contributed by atoms with Crippen molar-refractivity contribution in [1.82, 2.24) is 9.80 Å². The maximum atomic E-state index is 13.2. The molecule has 1 amide bonds. The van der Waals surface area contributed by atoms with E-state index in [1.54, 1.807) is 0 Å². The molecular formula is C25H34N4O2. The molecule has 2 fully saturated rings. The highest BCUT2D eigenvalue weighted by Crippen LogP contribution is 2.24. The molecule has 6 nitrogen and oxygen atoms in total. The minimum atomic E-state index is -0.152. The van der Waals surface area contributed by atoms with Gasteiger partial charge in [-0.15, -0.1) is 0 Å². The molecule has 0 aliphatic carbocycles. The monoisotopic (exact) mass is 422 g/mol. The van der Waals surface area contributed by atoms with Crippen molar-refractivity contribution in [2.75, 3.05) is 69.3 Å². The van der Waals surface area contributed by atoms with Gasteiger partial charge in [-0.1, -0.05) is 36.4 Å². The first kappa shape index (κ1) is 21.7. The van der Waals surface area contributed by atoms with Crippen LogP contribution < -0.4 is 9.80 Å². The third kappa shape index (κ3) is 5.20. The number of amides is 1. The molecule has 0 aromatic heterocycles. The predicted octanol–water partition coefficient (Wildman–Crippen LogP) is 2.69. The number of carbonyl (C=O) groups excluding carboxylic acids is 1. The highest BCUT2D eigenvalue weighted by molar-refractivity contribution is 5.81. The lowest BCUT2D eigenvalue weighted by atomic mass is 10.1. The van der Waals surface area contributed by atoms with Crippen LogP contribution in [0.25, 0.3) is 0 Å². The Bertz CT molecular complexity index is 846. The van der Waals surface area contributed by atoms with E-state index in [0.29, 0.717) is 0 Å². The third-order valence-corrected chi connectivity index (χ3v) is 6.49. The number of hydrogen-bond acceptors (Lipinski definition) is 5. The largest absolute Gasteiger partial charge is 0.378 e. The number of morpholine rings is 1. The maximum Gasteiger partial charge on any atom is 0.239 e. The number of piperazine rings is 1. The zero-order valence-electron chi connectivity index (χ0n) is 18.7. The Balaban J connectivity index is 1.34. The molecule has 2 aromatic carbocycles. The average molecular weight is 423 g/mol. The third-order valence-electron chi connectivity index (χ3n) is 6.49. The highest BCUT2D eigenvalue weighted by Gasteiger charge is 2.28. The van der Waals surface area contributed by atoms with Crippen LogP contribution in [0.4, 0.5) is 11.4 Å². The second kappa shape index (κ2) is 10.2. The first-order valence-corrected chi connectivity index (χ1v) is 11.3. The molecule has 0 unspecified atom stereocenters. The summed E-state index contributed by atoms with van der Waals surface area (Å²) in [6.07, 6.45) is 0. The SMILES string of the molecule is C[C@@H](C(=O)N1CCN(c2ccccc2)CC1)N(C)Cc1ccccc1N1CCOCC1. The van der Waals surface area contributed by atoms with Gasteiger partial charge in [-0.3, -0.25) is 9.69 Å². The summed E-state index contributed by atoms with van der Waals surface area (Å²) in [5.41, 5.74) is 3.76. The lowest BCUT2D eigenvalue weighted by molar-refractivity contribution is -0.136. The van der Waals surface area contributed by atoms with Gasteiger partial charge in [0.2, 0.25) is 5.91 Å². The Morgan fingerprint density at radius 3 is 2.26 bits per heavy atom. The number of benzene rings is 2. The van der Waals surface area contributed by atoms with Gasteiger partial charge in [0.25, 0.3) is 0 Å². The van der Waals surface area contributed by atoms with Crippen LogP contribution in [0.2, 0.25) is 0 Å². The van der Waals surface area contributed by atoms with E-state index in [0.717, 1.165) is 59.0 Å². The topological polar surface area (TPSA) is 39.3 Å². The number of hydrogen-bond donors (Lipinski definition) is 0. The van der Waals surface area contributed by atoms with Crippen molar-refractivity contribution in [3.63, 3.8) is 0 Å². The van der Waals surface area contributed by atoms with Gasteiger partial charge in [-0.25, -0.2) is 0 Å². The zero-order valence-corrected chi connectivity index (χ0v) is 18.7. The molecule has 2 aliphatic rings. The van der Waals surface area contributed by atoms with Crippen molar-refractivity contribution in [3.05, 3.63) is 60.2 Å². The fraction of sp³-hybridized carbons (Fsp3) is 0.480. The summed E-state index contributed by atoms with van der Waals surface area (Å²) in [5, 5.41) is 0. The Hall–Kier alpha value is -2.57.